The van der Waals surface area contributed by atoms with Crippen LogP contribution in [-0.2, 0) is 9.53 Å². The van der Waals surface area contributed by atoms with E-state index in [9.17, 15) is 18.0 Å². The van der Waals surface area contributed by atoms with Crippen LogP contribution in [0.2, 0.25) is 0 Å². The summed E-state index contributed by atoms with van der Waals surface area (Å²) in [5.41, 5.74) is -1.23. The number of hydrogen-bond donors (Lipinski definition) is 2. The Labute approximate surface area is 159 Å². The molecule has 1 unspecified atom stereocenters. The van der Waals surface area contributed by atoms with Gasteiger partial charge in [-0.3, -0.25) is 4.79 Å². The first-order valence-electron chi connectivity index (χ1n) is 8.65. The number of alkyl halides is 3. The Morgan fingerprint density at radius 2 is 2.07 bits per heavy atom. The zero-order valence-electron chi connectivity index (χ0n) is 14.5. The van der Waals surface area contributed by atoms with Gasteiger partial charge < -0.3 is 15.4 Å². The van der Waals surface area contributed by atoms with Gasteiger partial charge in [0.05, 0.1) is 0 Å². The third-order valence-electron chi connectivity index (χ3n) is 5.53. The highest BCUT2D eigenvalue weighted by atomic mass is 32.2. The highest BCUT2D eigenvalue weighted by Crippen LogP contribution is 2.56. The van der Waals surface area contributed by atoms with E-state index in [2.05, 4.69) is 10.6 Å². The number of methoxy groups -OCH3 is 1. The van der Waals surface area contributed by atoms with Crippen LogP contribution in [0.1, 0.15) is 12.8 Å². The van der Waals surface area contributed by atoms with Crippen LogP contribution < -0.4 is 10.6 Å². The van der Waals surface area contributed by atoms with Crippen LogP contribution >= 0.6 is 11.8 Å². The minimum Gasteiger partial charge on any atom is -0.367 e. The number of hydrogen-bond acceptors (Lipinski definition) is 4. The number of ether oxygens (including phenoxy) is 1. The smallest absolute Gasteiger partial charge is 0.367 e. The van der Waals surface area contributed by atoms with Gasteiger partial charge in [0.2, 0.25) is 0 Å². The summed E-state index contributed by atoms with van der Waals surface area (Å²) in [6.07, 6.45) is 2.07. The molecule has 1 amide bonds. The van der Waals surface area contributed by atoms with Crippen molar-refractivity contribution >= 4 is 17.7 Å². The number of nitrogens with one attached hydrogen (secondary N) is 2. The zero-order valence-corrected chi connectivity index (χ0v) is 15.4. The van der Waals surface area contributed by atoms with Crippen molar-refractivity contribution in [2.75, 3.05) is 7.11 Å². The summed E-state index contributed by atoms with van der Waals surface area (Å²) < 4.78 is 44.1. The second-order valence-electron chi connectivity index (χ2n) is 6.97. The summed E-state index contributed by atoms with van der Waals surface area (Å²) in [6, 6.07) is 9.87. The van der Waals surface area contributed by atoms with Crippen LogP contribution in [0.5, 0.6) is 0 Å². The number of fused-ring (bicyclic) bond motifs is 3. The van der Waals surface area contributed by atoms with Crippen LogP contribution in [0.3, 0.4) is 0 Å². The molecule has 4 atom stereocenters. The minimum absolute atomic E-state index is 0.0195. The van der Waals surface area contributed by atoms with Crippen LogP contribution in [-0.4, -0.2) is 35.7 Å². The van der Waals surface area contributed by atoms with Gasteiger partial charge in [0.1, 0.15) is 11.3 Å². The predicted octanol–water partition coefficient (Wildman–Crippen LogP) is 3.37. The van der Waals surface area contributed by atoms with Gasteiger partial charge in [0.15, 0.2) is 0 Å². The molecule has 0 aromatic heterocycles. The van der Waals surface area contributed by atoms with Gasteiger partial charge in [-0.2, -0.15) is 13.2 Å². The molecule has 1 heterocycles. The summed E-state index contributed by atoms with van der Waals surface area (Å²) in [5, 5.41) is 5.35. The average Bonchev–Trinajstić information content (AvgIpc) is 2.79. The van der Waals surface area contributed by atoms with Gasteiger partial charge in [-0.1, -0.05) is 24.3 Å². The Hall–Kier alpha value is -1.93. The first-order valence-corrected chi connectivity index (χ1v) is 9.53. The van der Waals surface area contributed by atoms with Crippen molar-refractivity contribution in [2.45, 2.75) is 40.4 Å². The average molecular weight is 396 g/mol. The number of amides is 1. The Morgan fingerprint density at radius 3 is 2.67 bits per heavy atom. The minimum atomic E-state index is -4.92. The number of halogens is 3. The van der Waals surface area contributed by atoms with E-state index in [4.69, 9.17) is 4.74 Å². The number of carbonyl (C=O) groups excluding carboxylic acids is 1. The molecule has 3 aliphatic rings. The van der Waals surface area contributed by atoms with Crippen molar-refractivity contribution in [3.63, 3.8) is 0 Å². The van der Waals surface area contributed by atoms with E-state index < -0.39 is 23.3 Å². The molecule has 2 fully saturated rings. The Balaban J connectivity index is 1.59. The van der Waals surface area contributed by atoms with Crippen LogP contribution in [0.25, 0.3) is 0 Å². The van der Waals surface area contributed by atoms with E-state index in [0.29, 0.717) is 18.5 Å². The molecule has 27 heavy (non-hydrogen) atoms. The first kappa shape index (κ1) is 18.4. The molecule has 1 aliphatic heterocycles. The summed E-state index contributed by atoms with van der Waals surface area (Å²) in [7, 11) is 1.55. The van der Waals surface area contributed by atoms with Crippen LogP contribution in [0.15, 0.2) is 59.2 Å². The lowest BCUT2D eigenvalue weighted by Gasteiger charge is -2.48. The van der Waals surface area contributed by atoms with Crippen molar-refractivity contribution in [1.82, 2.24) is 10.6 Å². The molecule has 0 spiro atoms. The number of rotatable bonds is 4. The second-order valence-corrected chi connectivity index (χ2v) is 8.22. The normalized spacial score (nSPS) is 34.0. The topological polar surface area (TPSA) is 50.4 Å². The molecule has 2 aliphatic carbocycles. The number of carbonyl (C=O) groups is 1. The van der Waals surface area contributed by atoms with Crippen LogP contribution in [0.4, 0.5) is 13.2 Å². The molecule has 1 aromatic carbocycles. The Kier molecular flexibility index (Phi) is 4.31. The molecule has 4 nitrogen and oxygen atoms in total. The molecule has 4 rings (SSSR count). The highest BCUT2D eigenvalue weighted by molar-refractivity contribution is 8.00. The third kappa shape index (κ3) is 2.95. The molecule has 2 N–H and O–H groups in total. The predicted molar refractivity (Wildman–Crippen MR) is 95.8 cm³/mol. The maximum Gasteiger partial charge on any atom is 0.471 e. The monoisotopic (exact) mass is 396 g/mol. The second kappa shape index (κ2) is 6.31. The fourth-order valence-electron chi connectivity index (χ4n) is 4.17. The maximum atomic E-state index is 12.8. The van der Waals surface area contributed by atoms with E-state index >= 15 is 0 Å². The summed E-state index contributed by atoms with van der Waals surface area (Å²) >= 11 is 1.64. The molecular weight excluding hydrogens is 377 g/mol. The molecule has 144 valence electrons. The van der Waals surface area contributed by atoms with Crippen molar-refractivity contribution < 1.29 is 22.7 Å². The lowest BCUT2D eigenvalue weighted by Crippen LogP contribution is -2.67. The molecular formula is C19H19F3N2O2S. The standard InChI is InChI=1S/C19H19F3N2O2S/c1-26-17-9-7-13(27-12-5-3-2-4-6-12)11-15(17)23-18(10-8-14(17)18)24-16(25)19(20,21)22/h2-7,9,11,13-14,23H,8,10H2,1H3,(H,24,25)/t13?,14-,17-,18+/m0/s1. The SMILES string of the molecule is CO[C@]12C=CC(Sc3ccccc3)C=C1N[C@@]1(NC(=O)C(F)(F)F)CC[C@H]12. The maximum absolute atomic E-state index is 12.8. The van der Waals surface area contributed by atoms with Gasteiger partial charge in [-0.05, 0) is 37.1 Å². The molecule has 8 heteroatoms. The lowest BCUT2D eigenvalue weighted by molar-refractivity contribution is -0.179. The van der Waals surface area contributed by atoms with E-state index in [1.807, 2.05) is 48.6 Å². The molecule has 0 radical (unpaired) electrons. The Bertz CT molecular complexity index is 811. The first-order chi connectivity index (χ1) is 12.8. The van der Waals surface area contributed by atoms with Crippen LogP contribution in [0, 0.1) is 5.92 Å². The van der Waals surface area contributed by atoms with Gasteiger partial charge in [0, 0.05) is 28.9 Å². The quantitative estimate of drug-likeness (QED) is 0.767. The summed E-state index contributed by atoms with van der Waals surface area (Å²) in [6.45, 7) is 0. The number of thioether (sulfide) groups is 1. The fourth-order valence-corrected chi connectivity index (χ4v) is 5.16. The van der Waals surface area contributed by atoms with Crippen molar-refractivity contribution in [3.05, 3.63) is 54.3 Å². The number of benzene rings is 1. The van der Waals surface area contributed by atoms with Gasteiger partial charge in [-0.25, -0.2) is 0 Å². The van der Waals surface area contributed by atoms with E-state index in [1.165, 1.54) is 0 Å². The van der Waals surface area contributed by atoms with E-state index in [-0.39, 0.29) is 11.2 Å². The molecule has 0 bridgehead atoms. The lowest BCUT2D eigenvalue weighted by atomic mass is 9.66. The largest absolute Gasteiger partial charge is 0.471 e. The van der Waals surface area contributed by atoms with Gasteiger partial charge >= 0.3 is 12.1 Å². The van der Waals surface area contributed by atoms with Crippen molar-refractivity contribution in [1.29, 1.82) is 0 Å². The van der Waals surface area contributed by atoms with Gasteiger partial charge in [-0.15, -0.1) is 11.8 Å². The van der Waals surface area contributed by atoms with E-state index in [0.717, 1.165) is 4.90 Å². The third-order valence-corrected chi connectivity index (χ3v) is 6.64. The summed E-state index contributed by atoms with van der Waals surface area (Å²) in [5.74, 6) is -2.21. The van der Waals surface area contributed by atoms with Gasteiger partial charge in [0.25, 0.3) is 0 Å². The van der Waals surface area contributed by atoms with Crippen molar-refractivity contribution in [3.8, 4) is 0 Å². The van der Waals surface area contributed by atoms with E-state index in [1.54, 1.807) is 18.9 Å². The zero-order chi connectivity index (χ0) is 19.3. The summed E-state index contributed by atoms with van der Waals surface area (Å²) in [4.78, 5) is 12.6. The highest BCUT2D eigenvalue weighted by Gasteiger charge is 2.66. The molecule has 1 saturated heterocycles. The molecule has 1 aromatic rings. The Morgan fingerprint density at radius 1 is 1.33 bits per heavy atom. The fraction of sp³-hybridized carbons (Fsp3) is 0.421. The molecule has 1 saturated carbocycles. The van der Waals surface area contributed by atoms with Crippen molar-refractivity contribution in [2.24, 2.45) is 5.92 Å².